The number of carbonyl (C=O) groups is 4. The molecule has 0 fully saturated rings. The number of hydrogen-bond acceptors (Lipinski definition) is 7. The first-order valence-corrected chi connectivity index (χ1v) is 11.7. The van der Waals surface area contributed by atoms with Gasteiger partial charge in [0.15, 0.2) is 0 Å². The highest BCUT2D eigenvalue weighted by Crippen LogP contribution is 2.21. The lowest BCUT2D eigenvalue weighted by molar-refractivity contribution is -0.126. The minimum absolute atomic E-state index is 0.145. The van der Waals surface area contributed by atoms with Gasteiger partial charge in [-0.05, 0) is 70.7 Å². The molecule has 1 atom stereocenters. The van der Waals surface area contributed by atoms with Crippen LogP contribution in [0.5, 0.6) is 0 Å². The zero-order valence-corrected chi connectivity index (χ0v) is 21.3. The summed E-state index contributed by atoms with van der Waals surface area (Å²) in [4.78, 5) is 59.9. The van der Waals surface area contributed by atoms with E-state index in [1.165, 1.54) is 13.0 Å². The van der Waals surface area contributed by atoms with E-state index in [9.17, 15) is 24.0 Å². The highest BCUT2D eigenvalue weighted by molar-refractivity contribution is 5.99. The third-order valence-corrected chi connectivity index (χ3v) is 4.95. The third kappa shape index (κ3) is 9.77. The van der Waals surface area contributed by atoms with Crippen molar-refractivity contribution in [3.8, 4) is 0 Å². The van der Waals surface area contributed by atoms with Crippen LogP contribution in [0.25, 0.3) is 11.0 Å². The van der Waals surface area contributed by atoms with Crippen LogP contribution < -0.4 is 26.9 Å². The lowest BCUT2D eigenvalue weighted by Gasteiger charge is -2.21. The molecule has 2 rings (SSSR count). The number of nitrogens with one attached hydrogen (secondary N) is 4. The molecule has 0 radical (unpaired) electrons. The van der Waals surface area contributed by atoms with Gasteiger partial charge in [0.2, 0.25) is 17.7 Å². The molecule has 1 heterocycles. The van der Waals surface area contributed by atoms with Gasteiger partial charge in [0, 0.05) is 30.6 Å². The zero-order chi connectivity index (χ0) is 26.9. The SMILES string of the molecule is CC(=O)NCCCCC(NC(=O)CNC(=O)OC(C)(C)C)C(=O)Nc1ccc2oc(=O)cc(C)c2c1. The summed E-state index contributed by atoms with van der Waals surface area (Å²) in [5.74, 6) is -1.15. The van der Waals surface area contributed by atoms with Crippen molar-refractivity contribution in [2.75, 3.05) is 18.4 Å². The van der Waals surface area contributed by atoms with Gasteiger partial charge in [-0.1, -0.05) is 0 Å². The molecular weight excluding hydrogens is 468 g/mol. The van der Waals surface area contributed by atoms with E-state index in [-0.39, 0.29) is 12.5 Å². The van der Waals surface area contributed by atoms with Gasteiger partial charge >= 0.3 is 11.7 Å². The minimum Gasteiger partial charge on any atom is -0.444 e. The fourth-order valence-electron chi connectivity index (χ4n) is 3.35. The Morgan fingerprint density at radius 2 is 1.78 bits per heavy atom. The average molecular weight is 503 g/mol. The molecule has 36 heavy (non-hydrogen) atoms. The van der Waals surface area contributed by atoms with Crippen molar-refractivity contribution in [1.82, 2.24) is 16.0 Å². The summed E-state index contributed by atoms with van der Waals surface area (Å²) < 4.78 is 10.3. The number of unbranched alkanes of at least 4 members (excludes halogenated alkanes) is 1. The van der Waals surface area contributed by atoms with Crippen molar-refractivity contribution in [3.05, 3.63) is 40.2 Å². The molecule has 0 aliphatic carbocycles. The molecule has 0 aliphatic heterocycles. The summed E-state index contributed by atoms with van der Waals surface area (Å²) in [5, 5.41) is 11.1. The number of anilines is 1. The standard InChI is InChI=1S/C25H34N4O7/c1-15-12-22(32)35-20-10-9-17(13-18(15)20)28-23(33)19(8-6-7-11-26-16(2)30)29-21(31)14-27-24(34)36-25(3,4)5/h9-10,12-13,19H,6-8,11,14H2,1-5H3,(H,26,30)(H,27,34)(H,28,33)(H,29,31). The van der Waals surface area contributed by atoms with Crippen LogP contribution in [0, 0.1) is 6.92 Å². The molecule has 1 unspecified atom stereocenters. The van der Waals surface area contributed by atoms with Crippen LogP contribution in [0.2, 0.25) is 0 Å². The molecule has 4 amide bonds. The number of amides is 4. The predicted molar refractivity (Wildman–Crippen MR) is 135 cm³/mol. The number of aryl methyl sites for hydroxylation is 1. The molecule has 1 aromatic carbocycles. The van der Waals surface area contributed by atoms with E-state index in [1.807, 2.05) is 0 Å². The molecule has 0 bridgehead atoms. The van der Waals surface area contributed by atoms with Gasteiger partial charge in [0.25, 0.3) is 0 Å². The number of carbonyl (C=O) groups excluding carboxylic acids is 4. The van der Waals surface area contributed by atoms with Crippen molar-refractivity contribution in [1.29, 1.82) is 0 Å². The molecule has 2 aromatic rings. The highest BCUT2D eigenvalue weighted by Gasteiger charge is 2.22. The van der Waals surface area contributed by atoms with E-state index >= 15 is 0 Å². The Morgan fingerprint density at radius 3 is 2.44 bits per heavy atom. The number of rotatable bonds is 10. The molecule has 0 saturated carbocycles. The molecule has 196 valence electrons. The minimum atomic E-state index is -0.888. The maximum absolute atomic E-state index is 13.0. The van der Waals surface area contributed by atoms with Crippen molar-refractivity contribution in [2.45, 2.75) is 65.5 Å². The third-order valence-electron chi connectivity index (χ3n) is 4.95. The molecular formula is C25H34N4O7. The zero-order valence-electron chi connectivity index (χ0n) is 21.3. The normalized spacial score (nSPS) is 11.9. The number of hydrogen-bond donors (Lipinski definition) is 4. The van der Waals surface area contributed by atoms with Crippen LogP contribution in [-0.4, -0.2) is 48.5 Å². The Hall–Kier alpha value is -3.89. The Balaban J connectivity index is 2.06. The Bertz CT molecular complexity index is 1170. The molecule has 11 heteroatoms. The van der Waals surface area contributed by atoms with Gasteiger partial charge in [-0.25, -0.2) is 9.59 Å². The summed E-state index contributed by atoms with van der Waals surface area (Å²) >= 11 is 0. The summed E-state index contributed by atoms with van der Waals surface area (Å²) in [6.07, 6.45) is 0.738. The summed E-state index contributed by atoms with van der Waals surface area (Å²) in [6, 6.07) is 5.35. The fraction of sp³-hybridized carbons (Fsp3) is 0.480. The molecule has 0 aliphatic rings. The van der Waals surface area contributed by atoms with Gasteiger partial charge in [0.05, 0.1) is 0 Å². The van der Waals surface area contributed by atoms with Gasteiger partial charge in [-0.2, -0.15) is 0 Å². The molecule has 1 aromatic heterocycles. The van der Waals surface area contributed by atoms with Gasteiger partial charge < -0.3 is 30.4 Å². The number of alkyl carbamates (subject to hydrolysis) is 1. The molecule has 11 nitrogen and oxygen atoms in total. The Morgan fingerprint density at radius 1 is 1.06 bits per heavy atom. The topological polar surface area (TPSA) is 156 Å². The summed E-state index contributed by atoms with van der Waals surface area (Å²) in [7, 11) is 0. The van der Waals surface area contributed by atoms with Crippen LogP contribution in [0.4, 0.5) is 10.5 Å². The molecule has 0 saturated heterocycles. The van der Waals surface area contributed by atoms with Gasteiger partial charge in [-0.15, -0.1) is 0 Å². The quantitative estimate of drug-likeness (QED) is 0.287. The lowest BCUT2D eigenvalue weighted by atomic mass is 10.1. The Labute approximate surface area is 209 Å². The highest BCUT2D eigenvalue weighted by atomic mass is 16.6. The van der Waals surface area contributed by atoms with E-state index < -0.39 is 35.2 Å². The molecule has 4 N–H and O–H groups in total. The van der Waals surface area contributed by atoms with Gasteiger partial charge in [0.1, 0.15) is 23.8 Å². The first-order valence-electron chi connectivity index (χ1n) is 11.7. The van der Waals surface area contributed by atoms with Crippen LogP contribution in [0.3, 0.4) is 0 Å². The van der Waals surface area contributed by atoms with E-state index in [0.717, 1.165) is 0 Å². The number of fused-ring (bicyclic) bond motifs is 1. The van der Waals surface area contributed by atoms with Crippen molar-refractivity contribution < 1.29 is 28.3 Å². The fourth-order valence-corrected chi connectivity index (χ4v) is 3.35. The maximum atomic E-state index is 13.0. The second-order valence-electron chi connectivity index (χ2n) is 9.40. The smallest absolute Gasteiger partial charge is 0.408 e. The van der Waals surface area contributed by atoms with Gasteiger partial charge in [-0.3, -0.25) is 14.4 Å². The second kappa shape index (κ2) is 12.7. The van der Waals surface area contributed by atoms with Crippen molar-refractivity contribution in [2.24, 2.45) is 0 Å². The average Bonchev–Trinajstić information content (AvgIpc) is 2.75. The van der Waals surface area contributed by atoms with Crippen molar-refractivity contribution in [3.63, 3.8) is 0 Å². The van der Waals surface area contributed by atoms with E-state index in [4.69, 9.17) is 9.15 Å². The van der Waals surface area contributed by atoms with Crippen LogP contribution in [-0.2, 0) is 19.1 Å². The van der Waals surface area contributed by atoms with E-state index in [0.29, 0.717) is 48.0 Å². The molecule has 0 spiro atoms. The maximum Gasteiger partial charge on any atom is 0.408 e. The predicted octanol–water partition coefficient (Wildman–Crippen LogP) is 2.36. The van der Waals surface area contributed by atoms with E-state index in [1.54, 1.807) is 45.9 Å². The summed E-state index contributed by atoms with van der Waals surface area (Å²) in [5.41, 5.74) is 0.396. The van der Waals surface area contributed by atoms with Crippen LogP contribution >= 0.6 is 0 Å². The second-order valence-corrected chi connectivity index (χ2v) is 9.40. The van der Waals surface area contributed by atoms with Crippen LogP contribution in [0.1, 0.15) is 52.5 Å². The number of benzene rings is 1. The number of ether oxygens (including phenoxy) is 1. The monoisotopic (exact) mass is 502 g/mol. The van der Waals surface area contributed by atoms with E-state index in [2.05, 4.69) is 21.3 Å². The van der Waals surface area contributed by atoms with Crippen molar-refractivity contribution >= 4 is 40.5 Å². The Kier molecular flexibility index (Phi) is 10.0. The van der Waals surface area contributed by atoms with Crippen LogP contribution in [0.15, 0.2) is 33.5 Å². The first-order chi connectivity index (χ1) is 16.8. The summed E-state index contributed by atoms with van der Waals surface area (Å²) in [6.45, 7) is 8.39. The largest absolute Gasteiger partial charge is 0.444 e. The first kappa shape index (κ1) is 28.3. The lowest BCUT2D eigenvalue weighted by Crippen LogP contribution is -2.48.